The third-order valence-electron chi connectivity index (χ3n) is 4.14. The lowest BCUT2D eigenvalue weighted by Gasteiger charge is -2.40. The van der Waals surface area contributed by atoms with Crippen molar-refractivity contribution in [3.63, 3.8) is 0 Å². The molecule has 1 aromatic rings. The number of hydrogen-bond donors (Lipinski definition) is 0. The van der Waals surface area contributed by atoms with E-state index >= 15 is 0 Å². The molecule has 0 amide bonds. The molecule has 1 aliphatic rings. The van der Waals surface area contributed by atoms with Gasteiger partial charge in [0.1, 0.15) is 5.54 Å². The van der Waals surface area contributed by atoms with Crippen LogP contribution in [0.3, 0.4) is 0 Å². The molecule has 0 bridgehead atoms. The fourth-order valence-corrected chi connectivity index (χ4v) is 3.41. The SMILES string of the molecule is COc1cc(Cl)c(C2(N=C=O)CCC2)c(C(C)C)c1OC. The molecule has 0 saturated heterocycles. The summed E-state index contributed by atoms with van der Waals surface area (Å²) in [7, 11) is 3.19. The molecule has 4 nitrogen and oxygen atoms in total. The summed E-state index contributed by atoms with van der Waals surface area (Å²) in [5.74, 6) is 1.43. The number of benzene rings is 1. The first-order chi connectivity index (χ1) is 10.0. The van der Waals surface area contributed by atoms with Crippen molar-refractivity contribution in [3.05, 3.63) is 22.2 Å². The van der Waals surface area contributed by atoms with Gasteiger partial charge in [0.15, 0.2) is 11.5 Å². The Morgan fingerprint density at radius 1 is 1.33 bits per heavy atom. The highest BCUT2D eigenvalue weighted by Crippen LogP contribution is 2.53. The van der Waals surface area contributed by atoms with Crippen LogP contribution in [0.25, 0.3) is 0 Å². The van der Waals surface area contributed by atoms with Crippen LogP contribution in [0.15, 0.2) is 11.1 Å². The Morgan fingerprint density at radius 3 is 2.38 bits per heavy atom. The van der Waals surface area contributed by atoms with E-state index in [1.807, 2.05) is 0 Å². The van der Waals surface area contributed by atoms with Crippen LogP contribution < -0.4 is 9.47 Å². The zero-order valence-electron chi connectivity index (χ0n) is 12.8. The highest BCUT2D eigenvalue weighted by molar-refractivity contribution is 6.32. The quantitative estimate of drug-likeness (QED) is 0.605. The second-order valence-corrected chi connectivity index (χ2v) is 6.03. The Balaban J connectivity index is 2.78. The molecule has 0 aliphatic heterocycles. The van der Waals surface area contributed by atoms with E-state index in [0.29, 0.717) is 16.5 Å². The molecule has 1 fully saturated rings. The zero-order chi connectivity index (χ0) is 15.6. The standard InChI is InChI=1S/C16H20ClNO3/c1-10(2)13-14(16(18-9-19)6-5-7-16)11(17)8-12(20-3)15(13)21-4/h8,10H,5-7H2,1-4H3. The van der Waals surface area contributed by atoms with Crippen molar-refractivity contribution < 1.29 is 14.3 Å². The smallest absolute Gasteiger partial charge is 0.235 e. The summed E-state index contributed by atoms with van der Waals surface area (Å²) in [5.41, 5.74) is 1.28. The van der Waals surface area contributed by atoms with Gasteiger partial charge in [-0.2, -0.15) is 4.99 Å². The monoisotopic (exact) mass is 309 g/mol. The highest BCUT2D eigenvalue weighted by Gasteiger charge is 2.43. The molecule has 114 valence electrons. The van der Waals surface area contributed by atoms with Crippen molar-refractivity contribution in [1.29, 1.82) is 0 Å². The van der Waals surface area contributed by atoms with Crippen LogP contribution >= 0.6 is 11.6 Å². The summed E-state index contributed by atoms with van der Waals surface area (Å²) in [6.45, 7) is 4.13. The normalized spacial score (nSPS) is 16.1. The van der Waals surface area contributed by atoms with Gasteiger partial charge < -0.3 is 9.47 Å². The van der Waals surface area contributed by atoms with E-state index in [1.54, 1.807) is 26.4 Å². The average Bonchev–Trinajstić information content (AvgIpc) is 2.41. The molecule has 1 aliphatic carbocycles. The Kier molecular flexibility index (Phi) is 4.60. The molecule has 1 saturated carbocycles. The van der Waals surface area contributed by atoms with E-state index in [1.165, 1.54) is 0 Å². The molecule has 0 radical (unpaired) electrons. The van der Waals surface area contributed by atoms with Crippen LogP contribution in [-0.2, 0) is 10.3 Å². The number of methoxy groups -OCH3 is 2. The van der Waals surface area contributed by atoms with E-state index in [0.717, 1.165) is 30.4 Å². The second kappa shape index (κ2) is 6.08. The average molecular weight is 310 g/mol. The number of nitrogens with zero attached hydrogens (tertiary/aromatic N) is 1. The third kappa shape index (κ3) is 2.54. The summed E-state index contributed by atoms with van der Waals surface area (Å²) in [5, 5.41) is 0.565. The number of isocyanates is 1. The Morgan fingerprint density at radius 2 is 2.00 bits per heavy atom. The fourth-order valence-electron chi connectivity index (χ4n) is 3.03. The molecule has 21 heavy (non-hydrogen) atoms. The summed E-state index contributed by atoms with van der Waals surface area (Å²) in [4.78, 5) is 14.9. The van der Waals surface area contributed by atoms with E-state index in [2.05, 4.69) is 18.8 Å². The molecule has 0 unspecified atom stereocenters. The molecule has 2 rings (SSSR count). The van der Waals surface area contributed by atoms with Gasteiger partial charge in [0.05, 0.1) is 19.2 Å². The molecular formula is C16H20ClNO3. The number of carbonyl (C=O) groups excluding carboxylic acids is 1. The topological polar surface area (TPSA) is 47.9 Å². The summed E-state index contributed by atoms with van der Waals surface area (Å²) >= 11 is 6.49. The molecule has 0 aromatic heterocycles. The predicted octanol–water partition coefficient (Wildman–Crippen LogP) is 4.20. The molecule has 1 aromatic carbocycles. The lowest BCUT2D eigenvalue weighted by Crippen LogP contribution is -2.34. The lowest BCUT2D eigenvalue weighted by atomic mass is 9.69. The van der Waals surface area contributed by atoms with Crippen molar-refractivity contribution in [1.82, 2.24) is 0 Å². The summed E-state index contributed by atoms with van der Waals surface area (Å²) in [6.07, 6.45) is 4.34. The van der Waals surface area contributed by atoms with Crippen molar-refractivity contribution in [2.45, 2.75) is 44.6 Å². The molecular weight excluding hydrogens is 290 g/mol. The minimum absolute atomic E-state index is 0.168. The van der Waals surface area contributed by atoms with Crippen molar-refractivity contribution in [2.75, 3.05) is 14.2 Å². The summed E-state index contributed by atoms with van der Waals surface area (Å²) < 4.78 is 10.9. The Hall–Kier alpha value is -1.51. The van der Waals surface area contributed by atoms with E-state index < -0.39 is 5.54 Å². The van der Waals surface area contributed by atoms with Crippen LogP contribution in [0.1, 0.15) is 50.2 Å². The van der Waals surface area contributed by atoms with E-state index in [-0.39, 0.29) is 5.92 Å². The minimum Gasteiger partial charge on any atom is -0.493 e. The Bertz CT molecular complexity index is 588. The van der Waals surface area contributed by atoms with Crippen LogP contribution in [-0.4, -0.2) is 20.3 Å². The second-order valence-electron chi connectivity index (χ2n) is 5.63. The highest BCUT2D eigenvalue weighted by atomic mass is 35.5. The molecule has 0 N–H and O–H groups in total. The van der Waals surface area contributed by atoms with Crippen LogP contribution in [0.4, 0.5) is 0 Å². The first-order valence-electron chi connectivity index (χ1n) is 7.04. The molecule has 5 heteroatoms. The Labute approximate surface area is 130 Å². The number of hydrogen-bond acceptors (Lipinski definition) is 4. The third-order valence-corrected chi connectivity index (χ3v) is 4.44. The lowest BCUT2D eigenvalue weighted by molar-refractivity contribution is 0.251. The maximum Gasteiger partial charge on any atom is 0.235 e. The first-order valence-corrected chi connectivity index (χ1v) is 7.42. The molecule has 0 spiro atoms. The number of rotatable bonds is 5. The summed E-state index contributed by atoms with van der Waals surface area (Å²) in [6, 6.07) is 1.74. The van der Waals surface area contributed by atoms with Crippen LogP contribution in [0.2, 0.25) is 5.02 Å². The van der Waals surface area contributed by atoms with Crippen LogP contribution in [0, 0.1) is 0 Å². The van der Waals surface area contributed by atoms with Gasteiger partial charge in [-0.25, -0.2) is 4.79 Å². The predicted molar refractivity (Wildman–Crippen MR) is 82.3 cm³/mol. The van der Waals surface area contributed by atoms with Gasteiger partial charge in [-0.15, -0.1) is 0 Å². The van der Waals surface area contributed by atoms with Gasteiger partial charge in [0.2, 0.25) is 6.08 Å². The number of ether oxygens (including phenoxy) is 2. The minimum atomic E-state index is -0.558. The number of halogens is 1. The van der Waals surface area contributed by atoms with Gasteiger partial charge in [0.25, 0.3) is 0 Å². The van der Waals surface area contributed by atoms with Gasteiger partial charge in [-0.3, -0.25) is 0 Å². The van der Waals surface area contributed by atoms with Crippen molar-refractivity contribution in [3.8, 4) is 11.5 Å². The van der Waals surface area contributed by atoms with Crippen molar-refractivity contribution >= 4 is 17.7 Å². The fraction of sp³-hybridized carbons (Fsp3) is 0.562. The zero-order valence-corrected chi connectivity index (χ0v) is 13.6. The van der Waals surface area contributed by atoms with Gasteiger partial charge in [-0.05, 0) is 25.2 Å². The largest absolute Gasteiger partial charge is 0.493 e. The maximum absolute atomic E-state index is 10.9. The van der Waals surface area contributed by atoms with E-state index in [4.69, 9.17) is 21.1 Å². The first kappa shape index (κ1) is 15.9. The number of aliphatic imine (C=N–C) groups is 1. The van der Waals surface area contributed by atoms with Crippen molar-refractivity contribution in [2.24, 2.45) is 4.99 Å². The van der Waals surface area contributed by atoms with E-state index in [9.17, 15) is 4.79 Å². The van der Waals surface area contributed by atoms with Crippen LogP contribution in [0.5, 0.6) is 11.5 Å². The molecule has 0 heterocycles. The van der Waals surface area contributed by atoms with Gasteiger partial charge in [-0.1, -0.05) is 25.4 Å². The van der Waals surface area contributed by atoms with Gasteiger partial charge >= 0.3 is 0 Å². The van der Waals surface area contributed by atoms with Gasteiger partial charge in [0, 0.05) is 17.2 Å². The maximum atomic E-state index is 10.9. The molecule has 0 atom stereocenters.